The molecule has 0 amide bonds. The van der Waals surface area contributed by atoms with Gasteiger partial charge < -0.3 is 15.0 Å². The van der Waals surface area contributed by atoms with Crippen LogP contribution in [0.4, 0.5) is 5.13 Å². The molecule has 1 aromatic rings. The van der Waals surface area contributed by atoms with Gasteiger partial charge in [-0.25, -0.2) is 4.98 Å². The molecule has 21 heavy (non-hydrogen) atoms. The topological polar surface area (TPSA) is 37.4 Å². The van der Waals surface area contributed by atoms with Crippen molar-refractivity contribution in [3.05, 3.63) is 10.6 Å². The summed E-state index contributed by atoms with van der Waals surface area (Å²) in [4.78, 5) is 8.77. The number of rotatable bonds is 6. The van der Waals surface area contributed by atoms with E-state index in [2.05, 4.69) is 44.8 Å². The zero-order valence-corrected chi connectivity index (χ0v) is 14.8. The highest BCUT2D eigenvalue weighted by atomic mass is 32.1. The van der Waals surface area contributed by atoms with E-state index < -0.39 is 0 Å². The summed E-state index contributed by atoms with van der Waals surface area (Å²) < 4.78 is 5.83. The highest BCUT2D eigenvalue weighted by molar-refractivity contribution is 7.15. The fourth-order valence-corrected chi connectivity index (χ4v) is 3.93. The molecule has 0 radical (unpaired) electrons. The summed E-state index contributed by atoms with van der Waals surface area (Å²) in [5.74, 6) is 0.527. The van der Waals surface area contributed by atoms with Gasteiger partial charge in [-0.3, -0.25) is 0 Å². The summed E-state index contributed by atoms with van der Waals surface area (Å²) in [7, 11) is 0. The minimum absolute atomic E-state index is 0.280. The number of ether oxygens (including phenoxy) is 1. The summed E-state index contributed by atoms with van der Waals surface area (Å²) in [5.41, 5.74) is 1.28. The van der Waals surface area contributed by atoms with E-state index >= 15 is 0 Å². The van der Waals surface area contributed by atoms with Crippen LogP contribution >= 0.6 is 11.3 Å². The molecule has 1 aliphatic rings. The number of hydrogen-bond donors (Lipinski definition) is 1. The molecule has 1 N–H and O–H groups in total. The molecule has 0 saturated carbocycles. The number of aromatic nitrogens is 1. The predicted octanol–water partition coefficient (Wildman–Crippen LogP) is 3.38. The third-order valence-corrected chi connectivity index (χ3v) is 5.15. The van der Waals surface area contributed by atoms with Crippen LogP contribution in [0.5, 0.6) is 0 Å². The Labute approximate surface area is 132 Å². The van der Waals surface area contributed by atoms with E-state index in [9.17, 15) is 0 Å². The van der Waals surface area contributed by atoms with Gasteiger partial charge >= 0.3 is 0 Å². The van der Waals surface area contributed by atoms with Crippen molar-refractivity contribution in [3.63, 3.8) is 0 Å². The van der Waals surface area contributed by atoms with E-state index in [1.54, 1.807) is 0 Å². The highest BCUT2D eigenvalue weighted by Gasteiger charge is 2.26. The number of nitrogens with one attached hydrogen (secondary N) is 1. The van der Waals surface area contributed by atoms with Crippen LogP contribution in [0.3, 0.4) is 0 Å². The molecule has 2 heterocycles. The van der Waals surface area contributed by atoms with Gasteiger partial charge in [-0.15, -0.1) is 11.3 Å². The van der Waals surface area contributed by atoms with Gasteiger partial charge in [0, 0.05) is 24.5 Å². The lowest BCUT2D eigenvalue weighted by molar-refractivity contribution is -0.00523. The molecule has 1 fully saturated rings. The second-order valence-corrected chi connectivity index (χ2v) is 7.12. The minimum atomic E-state index is 0.280. The van der Waals surface area contributed by atoms with Crippen molar-refractivity contribution < 1.29 is 4.74 Å². The van der Waals surface area contributed by atoms with Crippen LogP contribution in [-0.4, -0.2) is 36.8 Å². The van der Waals surface area contributed by atoms with Crippen molar-refractivity contribution in [2.45, 2.75) is 65.7 Å². The molecular formula is C16H29N3OS. The molecule has 1 unspecified atom stereocenters. The zero-order chi connectivity index (χ0) is 15.4. The van der Waals surface area contributed by atoms with Gasteiger partial charge in [-0.05, 0) is 32.7 Å². The lowest BCUT2D eigenvalue weighted by atomic mass is 10.0. The largest absolute Gasteiger partial charge is 0.372 e. The van der Waals surface area contributed by atoms with E-state index in [-0.39, 0.29) is 12.2 Å². The average molecular weight is 311 g/mol. The van der Waals surface area contributed by atoms with Crippen molar-refractivity contribution in [1.82, 2.24) is 10.3 Å². The molecular weight excluding hydrogens is 282 g/mol. The van der Waals surface area contributed by atoms with Crippen molar-refractivity contribution in [1.29, 1.82) is 0 Å². The lowest BCUT2D eigenvalue weighted by Gasteiger charge is -2.35. The van der Waals surface area contributed by atoms with E-state index in [1.165, 1.54) is 15.7 Å². The summed E-state index contributed by atoms with van der Waals surface area (Å²) in [6, 6.07) is 0. The molecule has 0 bridgehead atoms. The smallest absolute Gasteiger partial charge is 0.186 e. The molecule has 3 atom stereocenters. The van der Waals surface area contributed by atoms with Crippen LogP contribution in [0.25, 0.3) is 0 Å². The van der Waals surface area contributed by atoms with Gasteiger partial charge in [0.1, 0.15) is 0 Å². The SMILES string of the molecule is CCNCc1sc(N2C[C@@H](C)O[C@@H](C)C2)nc1C(C)CC. The first-order chi connectivity index (χ1) is 10.0. The second kappa shape index (κ2) is 7.56. The van der Waals surface area contributed by atoms with Crippen LogP contribution in [0, 0.1) is 0 Å². The second-order valence-electron chi connectivity index (χ2n) is 6.06. The fraction of sp³-hybridized carbons (Fsp3) is 0.812. The Morgan fingerprint density at radius 2 is 2.00 bits per heavy atom. The number of morpholine rings is 1. The summed E-state index contributed by atoms with van der Waals surface area (Å²) in [6.07, 6.45) is 1.70. The van der Waals surface area contributed by atoms with Gasteiger partial charge in [0.15, 0.2) is 5.13 Å². The number of nitrogens with zero attached hydrogens (tertiary/aromatic N) is 2. The van der Waals surface area contributed by atoms with E-state index in [1.807, 2.05) is 11.3 Å². The molecule has 0 spiro atoms. The molecule has 4 nitrogen and oxygen atoms in total. The van der Waals surface area contributed by atoms with Crippen molar-refractivity contribution in [2.24, 2.45) is 0 Å². The molecule has 2 rings (SSSR count). The predicted molar refractivity (Wildman–Crippen MR) is 90.4 cm³/mol. The molecule has 0 aromatic carbocycles. The van der Waals surface area contributed by atoms with Crippen LogP contribution in [0.1, 0.15) is 57.5 Å². The van der Waals surface area contributed by atoms with Crippen LogP contribution in [-0.2, 0) is 11.3 Å². The molecule has 1 saturated heterocycles. The third-order valence-electron chi connectivity index (χ3n) is 4.02. The van der Waals surface area contributed by atoms with Crippen LogP contribution in [0.2, 0.25) is 0 Å². The Balaban J connectivity index is 2.21. The Morgan fingerprint density at radius 1 is 1.33 bits per heavy atom. The Bertz CT molecular complexity index is 439. The maximum atomic E-state index is 5.83. The summed E-state index contributed by atoms with van der Waals surface area (Å²) in [5, 5.41) is 4.61. The first kappa shape index (κ1) is 16.7. The van der Waals surface area contributed by atoms with Crippen molar-refractivity contribution in [2.75, 3.05) is 24.5 Å². The van der Waals surface area contributed by atoms with E-state index in [0.29, 0.717) is 5.92 Å². The zero-order valence-electron chi connectivity index (χ0n) is 14.0. The maximum absolute atomic E-state index is 5.83. The first-order valence-electron chi connectivity index (χ1n) is 8.15. The first-order valence-corrected chi connectivity index (χ1v) is 8.97. The van der Waals surface area contributed by atoms with E-state index in [0.717, 1.165) is 32.6 Å². The van der Waals surface area contributed by atoms with Gasteiger partial charge in [-0.1, -0.05) is 20.8 Å². The molecule has 0 aliphatic carbocycles. The van der Waals surface area contributed by atoms with Crippen LogP contribution < -0.4 is 10.2 Å². The standard InChI is InChI=1S/C16H29N3OS/c1-6-11(3)15-14(8-17-7-2)21-16(18-15)19-9-12(4)20-13(5)10-19/h11-13,17H,6-10H2,1-5H3/t11?,12-,13+. The van der Waals surface area contributed by atoms with Crippen LogP contribution in [0.15, 0.2) is 0 Å². The lowest BCUT2D eigenvalue weighted by Crippen LogP contribution is -2.45. The number of thiazole rings is 1. The minimum Gasteiger partial charge on any atom is -0.372 e. The molecule has 1 aliphatic heterocycles. The Morgan fingerprint density at radius 3 is 2.57 bits per heavy atom. The normalized spacial score (nSPS) is 24.3. The Kier molecular flexibility index (Phi) is 6.02. The monoisotopic (exact) mass is 311 g/mol. The summed E-state index contributed by atoms with van der Waals surface area (Å²) >= 11 is 1.85. The van der Waals surface area contributed by atoms with Crippen molar-refractivity contribution in [3.8, 4) is 0 Å². The van der Waals surface area contributed by atoms with Crippen molar-refractivity contribution >= 4 is 16.5 Å². The highest BCUT2D eigenvalue weighted by Crippen LogP contribution is 2.33. The Hall–Kier alpha value is -0.650. The van der Waals surface area contributed by atoms with Gasteiger partial charge in [0.05, 0.1) is 17.9 Å². The molecule has 5 heteroatoms. The average Bonchev–Trinajstić information content (AvgIpc) is 2.87. The summed E-state index contributed by atoms with van der Waals surface area (Å²) in [6.45, 7) is 14.8. The van der Waals surface area contributed by atoms with Gasteiger partial charge in [0.25, 0.3) is 0 Å². The molecule has 1 aromatic heterocycles. The third kappa shape index (κ3) is 4.18. The fourth-order valence-electron chi connectivity index (χ4n) is 2.76. The molecule has 120 valence electrons. The van der Waals surface area contributed by atoms with Gasteiger partial charge in [0.2, 0.25) is 0 Å². The maximum Gasteiger partial charge on any atom is 0.186 e. The number of hydrogen-bond acceptors (Lipinski definition) is 5. The van der Waals surface area contributed by atoms with Gasteiger partial charge in [-0.2, -0.15) is 0 Å². The van der Waals surface area contributed by atoms with E-state index in [4.69, 9.17) is 9.72 Å². The quantitative estimate of drug-likeness (QED) is 0.874. The number of anilines is 1.